The van der Waals surface area contributed by atoms with Gasteiger partial charge in [-0.3, -0.25) is 13.8 Å². The molecule has 0 aliphatic carbocycles. The van der Waals surface area contributed by atoms with Crippen LogP contribution in [-0.2, 0) is 20.8 Å². The molecule has 1 fully saturated rings. The van der Waals surface area contributed by atoms with Gasteiger partial charge in [0.1, 0.15) is 41.6 Å². The lowest BCUT2D eigenvalue weighted by molar-refractivity contribution is -0.139. The van der Waals surface area contributed by atoms with E-state index in [-0.39, 0.29) is 68.1 Å². The zero-order valence-corrected chi connectivity index (χ0v) is 27.8. The molecular formula is C34H31F3N5O8S-. The number of benzene rings is 2. The number of halogens is 3. The van der Waals surface area contributed by atoms with Gasteiger partial charge in [0, 0.05) is 48.1 Å². The van der Waals surface area contributed by atoms with Gasteiger partial charge in [0.2, 0.25) is 5.78 Å². The monoisotopic (exact) mass is 726 g/mol. The van der Waals surface area contributed by atoms with Crippen molar-refractivity contribution >= 4 is 39.7 Å². The molecule has 17 heteroatoms. The molecule has 0 radical (unpaired) electrons. The first-order valence-electron chi connectivity index (χ1n) is 15.8. The fourth-order valence-electron chi connectivity index (χ4n) is 5.77. The number of ketones is 1. The van der Waals surface area contributed by atoms with Gasteiger partial charge in [-0.05, 0) is 55.7 Å². The van der Waals surface area contributed by atoms with Crippen LogP contribution in [0.5, 0.6) is 5.75 Å². The van der Waals surface area contributed by atoms with Crippen molar-refractivity contribution in [1.29, 1.82) is 0 Å². The Balaban J connectivity index is 1.12. The number of aromatic amines is 1. The summed E-state index contributed by atoms with van der Waals surface area (Å²) in [5, 5.41) is 14.5. The highest BCUT2D eigenvalue weighted by Gasteiger charge is 2.32. The molecule has 1 aliphatic heterocycles. The minimum Gasteiger partial charge on any atom is -0.754 e. The third-order valence-electron chi connectivity index (χ3n) is 8.31. The topological polar surface area (TPSA) is 174 Å². The Morgan fingerprint density at radius 3 is 2.61 bits per heavy atom. The number of carboxylic acids is 1. The van der Waals surface area contributed by atoms with Crippen molar-refractivity contribution in [3.63, 3.8) is 0 Å². The van der Waals surface area contributed by atoms with Crippen molar-refractivity contribution in [1.82, 2.24) is 20.1 Å². The number of aliphatic carboxylic acids is 1. The van der Waals surface area contributed by atoms with E-state index in [0.717, 1.165) is 17.1 Å². The maximum Gasteiger partial charge on any atom is 0.314 e. The third kappa shape index (κ3) is 7.80. The number of H-pyrrole nitrogens is 1. The number of hydrazine groups is 1. The summed E-state index contributed by atoms with van der Waals surface area (Å²) < 4.78 is 85.7. The minimum atomic E-state index is -3.08. The highest BCUT2D eigenvalue weighted by atomic mass is 32.2. The number of carbonyl (C=O) groups is 2. The first kappa shape index (κ1) is 35.7. The standard InChI is InChI=1S/C34H32F3N5O8S/c1-19-14-29(50-40-19)24(34(44)45)9-11-48-12-13-49-23-4-2-20(3-5-23)21-15-25-26(17-39-33(25)38-16-21)32(43)30-27(36)6-7-28(31(30)37)42(51(46)47)41-10-8-22(35)18-41/h2-7,14-17,22,24H,8-13,18H2,1H3,(H,38,39)(H,44,45)(H,46,47)/p-1/t22-,24?/m1/s1. The summed E-state index contributed by atoms with van der Waals surface area (Å²) in [7, 11) is 0. The number of fused-ring (bicyclic) bond motifs is 1. The number of alkyl halides is 1. The molecule has 51 heavy (non-hydrogen) atoms. The highest BCUT2D eigenvalue weighted by molar-refractivity contribution is 7.80. The van der Waals surface area contributed by atoms with Crippen LogP contribution >= 0.6 is 0 Å². The number of hydrogen-bond acceptors (Lipinski definition) is 10. The molecule has 3 atom stereocenters. The fourth-order valence-corrected chi connectivity index (χ4v) is 6.41. The van der Waals surface area contributed by atoms with Gasteiger partial charge in [0.25, 0.3) is 0 Å². The van der Waals surface area contributed by atoms with Crippen molar-refractivity contribution in [2.75, 3.05) is 37.3 Å². The molecule has 5 aromatic rings. The van der Waals surface area contributed by atoms with Crippen LogP contribution in [0.3, 0.4) is 0 Å². The van der Waals surface area contributed by atoms with Crippen LogP contribution in [0.1, 0.15) is 46.1 Å². The second kappa shape index (κ2) is 15.4. The van der Waals surface area contributed by atoms with Gasteiger partial charge in [-0.1, -0.05) is 17.3 Å². The first-order valence-corrected chi connectivity index (χ1v) is 16.8. The van der Waals surface area contributed by atoms with Crippen LogP contribution in [0.25, 0.3) is 22.2 Å². The quantitative estimate of drug-likeness (QED) is 0.0820. The van der Waals surface area contributed by atoms with Crippen molar-refractivity contribution in [3.8, 4) is 16.9 Å². The van der Waals surface area contributed by atoms with Gasteiger partial charge in [-0.15, -0.1) is 0 Å². The van der Waals surface area contributed by atoms with E-state index in [1.54, 1.807) is 49.5 Å². The number of pyridine rings is 1. The zero-order chi connectivity index (χ0) is 36.2. The number of nitrogens with one attached hydrogen (secondary N) is 1. The van der Waals surface area contributed by atoms with E-state index in [0.29, 0.717) is 27.0 Å². The van der Waals surface area contributed by atoms with Crippen LogP contribution in [0.4, 0.5) is 18.9 Å². The molecule has 6 rings (SSSR count). The van der Waals surface area contributed by atoms with Gasteiger partial charge in [-0.25, -0.2) is 27.6 Å². The van der Waals surface area contributed by atoms with Crippen LogP contribution in [-0.4, -0.2) is 84.8 Å². The van der Waals surface area contributed by atoms with Crippen LogP contribution in [0.15, 0.2) is 65.4 Å². The Morgan fingerprint density at radius 2 is 1.94 bits per heavy atom. The first-order chi connectivity index (χ1) is 24.5. The smallest absolute Gasteiger partial charge is 0.314 e. The molecule has 4 heterocycles. The molecule has 1 aliphatic rings. The second-order valence-electron chi connectivity index (χ2n) is 11.7. The third-order valence-corrected chi connectivity index (χ3v) is 9.02. The van der Waals surface area contributed by atoms with E-state index in [9.17, 15) is 27.8 Å². The molecule has 0 amide bonds. The SMILES string of the molecule is Cc1cc(C(CCOCCOc2ccc(-c3cnc4[nH]cc(C(=O)c5c(F)ccc(N(N6CC[C@@H](F)C6)S(=O)[O-])c5F)c4c3)cc2)C(=O)O)on1. The summed E-state index contributed by atoms with van der Waals surface area (Å²) in [6, 6.07) is 11.8. The summed E-state index contributed by atoms with van der Waals surface area (Å²) in [6.45, 7) is 1.96. The van der Waals surface area contributed by atoms with Crippen molar-refractivity contribution in [2.24, 2.45) is 0 Å². The van der Waals surface area contributed by atoms with Gasteiger partial charge in [0.15, 0.2) is 11.6 Å². The molecule has 13 nitrogen and oxygen atoms in total. The number of carbonyl (C=O) groups excluding carboxylic acids is 1. The van der Waals surface area contributed by atoms with E-state index in [1.165, 1.54) is 6.20 Å². The number of carboxylic acid groups (broad SMARTS) is 1. The number of ether oxygens (including phenoxy) is 2. The maximum absolute atomic E-state index is 15.8. The molecule has 2 unspecified atom stereocenters. The van der Waals surface area contributed by atoms with Crippen LogP contribution in [0.2, 0.25) is 0 Å². The predicted molar refractivity (Wildman–Crippen MR) is 176 cm³/mol. The van der Waals surface area contributed by atoms with Gasteiger partial charge in [-0.2, -0.15) is 0 Å². The average molecular weight is 727 g/mol. The van der Waals surface area contributed by atoms with E-state index in [2.05, 4.69) is 15.1 Å². The van der Waals surface area contributed by atoms with Crippen LogP contribution < -0.4 is 9.15 Å². The summed E-state index contributed by atoms with van der Waals surface area (Å²) in [5.41, 5.74) is 0.463. The molecule has 2 aromatic carbocycles. The molecule has 1 saturated heterocycles. The number of nitrogens with zero attached hydrogens (tertiary/aromatic N) is 4. The maximum atomic E-state index is 15.8. The molecule has 0 spiro atoms. The average Bonchev–Trinajstić information content (AvgIpc) is 3.85. The Morgan fingerprint density at radius 1 is 1.16 bits per heavy atom. The summed E-state index contributed by atoms with van der Waals surface area (Å²) in [6.07, 6.45) is 1.72. The number of hydrogen-bond donors (Lipinski definition) is 2. The Kier molecular flexibility index (Phi) is 10.8. The number of aromatic nitrogens is 3. The molecule has 0 saturated carbocycles. The highest BCUT2D eigenvalue weighted by Crippen LogP contribution is 2.33. The van der Waals surface area contributed by atoms with Crippen molar-refractivity contribution < 1.29 is 50.6 Å². The number of rotatable bonds is 15. The lowest BCUT2D eigenvalue weighted by Crippen LogP contribution is -2.43. The number of aryl methyl sites for hydroxylation is 1. The van der Waals surface area contributed by atoms with Gasteiger partial charge < -0.3 is 28.6 Å². The largest absolute Gasteiger partial charge is 0.754 e. The van der Waals surface area contributed by atoms with E-state index in [1.807, 2.05) is 0 Å². The Labute approximate surface area is 291 Å². The zero-order valence-electron chi connectivity index (χ0n) is 27.0. The molecule has 2 N–H and O–H groups in total. The summed E-state index contributed by atoms with van der Waals surface area (Å²) >= 11 is -3.08. The Bertz CT molecular complexity index is 2070. The Hall–Kier alpha value is -5.10. The van der Waals surface area contributed by atoms with E-state index < -0.39 is 58.0 Å². The van der Waals surface area contributed by atoms with Gasteiger partial charge >= 0.3 is 5.97 Å². The number of anilines is 1. The fraction of sp³-hybridized carbons (Fsp3) is 0.294. The molecular weight excluding hydrogens is 695 g/mol. The normalized spacial score (nSPS) is 16.0. The van der Waals surface area contributed by atoms with E-state index in [4.69, 9.17) is 14.0 Å². The second-order valence-corrected chi connectivity index (χ2v) is 12.5. The van der Waals surface area contributed by atoms with Gasteiger partial charge in [0.05, 0.1) is 35.7 Å². The van der Waals surface area contributed by atoms with Crippen LogP contribution in [0, 0.1) is 18.6 Å². The predicted octanol–water partition coefficient (Wildman–Crippen LogP) is 5.25. The molecule has 0 bridgehead atoms. The lowest BCUT2D eigenvalue weighted by atomic mass is 9.99. The molecule has 268 valence electrons. The molecule has 3 aromatic heterocycles. The lowest BCUT2D eigenvalue weighted by Gasteiger charge is -2.34. The summed E-state index contributed by atoms with van der Waals surface area (Å²) in [5.74, 6) is -4.76. The van der Waals surface area contributed by atoms with Crippen molar-refractivity contribution in [2.45, 2.75) is 31.9 Å². The van der Waals surface area contributed by atoms with E-state index >= 15 is 8.78 Å². The minimum absolute atomic E-state index is 0.0178. The van der Waals surface area contributed by atoms with Crippen molar-refractivity contribution in [3.05, 3.63) is 95.1 Å². The summed E-state index contributed by atoms with van der Waals surface area (Å²) in [4.78, 5) is 32.4.